The lowest BCUT2D eigenvalue weighted by molar-refractivity contribution is -0.125. The number of carbonyl (C=O) groups excluding carboxylic acids is 1. The van der Waals surface area contributed by atoms with Gasteiger partial charge < -0.3 is 5.32 Å². The quantitative estimate of drug-likeness (QED) is 0.457. The molecule has 46 valence electrons. The number of rotatable bonds is 0. The van der Waals surface area contributed by atoms with Gasteiger partial charge in [-0.1, -0.05) is 0 Å². The van der Waals surface area contributed by atoms with Gasteiger partial charge in [-0.25, -0.2) is 0 Å². The summed E-state index contributed by atoms with van der Waals surface area (Å²) in [5.74, 6) is 0.178. The third-order valence-corrected chi connectivity index (χ3v) is 2.05. The highest BCUT2D eigenvalue weighted by Crippen LogP contribution is 1.99. The largest absolute Gasteiger partial charge is 0.307 e. The van der Waals surface area contributed by atoms with Gasteiger partial charge in [0.05, 0.1) is 29.4 Å². The second-order valence-electron chi connectivity index (χ2n) is 1.66. The van der Waals surface area contributed by atoms with E-state index >= 15 is 0 Å². The molecule has 0 aromatic carbocycles. The Bertz CT molecular complexity index is 106. The first-order valence-corrected chi connectivity index (χ1v) is 3.44. The fourth-order valence-corrected chi connectivity index (χ4v) is 0.995. The molecule has 1 aliphatic rings. The van der Waals surface area contributed by atoms with Crippen LogP contribution in [0.25, 0.3) is 0 Å². The van der Waals surface area contributed by atoms with Gasteiger partial charge in [0.1, 0.15) is 0 Å². The molecule has 0 aromatic heterocycles. The average molecular weight is 226 g/mol. The Morgan fingerprint density at radius 1 is 1.75 bits per heavy atom. The van der Waals surface area contributed by atoms with Gasteiger partial charge in [0.15, 0.2) is 0 Å². The monoisotopic (exact) mass is 226 g/mol. The smallest absolute Gasteiger partial charge is 0.245 e. The van der Waals surface area contributed by atoms with E-state index in [1.807, 2.05) is 22.9 Å². The van der Waals surface area contributed by atoms with Gasteiger partial charge in [0, 0.05) is 13.1 Å². The Morgan fingerprint density at radius 3 is 2.88 bits per heavy atom. The third-order valence-electron chi connectivity index (χ3n) is 1.03. The Balaban J connectivity index is 2.39. The molecule has 1 N–H and O–H groups in total. The van der Waals surface area contributed by atoms with E-state index in [1.165, 1.54) is 0 Å². The average Bonchev–Trinajstić information content (AvgIpc) is 1.77. The molecule has 4 heteroatoms. The number of hydrogen-bond donors (Lipinski definition) is 1. The molecule has 1 saturated heterocycles. The van der Waals surface area contributed by atoms with E-state index in [1.54, 1.807) is 3.11 Å². The molecule has 1 rings (SSSR count). The molecule has 0 unspecified atom stereocenters. The first-order valence-electron chi connectivity index (χ1n) is 2.47. The highest BCUT2D eigenvalue weighted by atomic mass is 127. The summed E-state index contributed by atoms with van der Waals surface area (Å²) in [5, 5.41) is 2.97. The highest BCUT2D eigenvalue weighted by molar-refractivity contribution is 14.1. The maximum atomic E-state index is 10.6. The zero-order valence-corrected chi connectivity index (χ0v) is 6.51. The van der Waals surface area contributed by atoms with Crippen molar-refractivity contribution in [1.29, 1.82) is 0 Å². The molecule has 1 fully saturated rings. The first-order chi connectivity index (χ1) is 3.80. The second kappa shape index (κ2) is 2.63. The minimum Gasteiger partial charge on any atom is -0.307 e. The van der Waals surface area contributed by atoms with Crippen molar-refractivity contribution in [2.45, 2.75) is 0 Å². The molecule has 0 spiro atoms. The van der Waals surface area contributed by atoms with Crippen LogP contribution in [0.4, 0.5) is 0 Å². The fraction of sp³-hybridized carbons (Fsp3) is 0.750. The van der Waals surface area contributed by atoms with Gasteiger partial charge in [0.25, 0.3) is 0 Å². The van der Waals surface area contributed by atoms with Gasteiger partial charge in [-0.2, -0.15) is 0 Å². The molecular formula is C4H7IN2O. The number of nitrogens with zero attached hydrogens (tertiary/aromatic N) is 1. The van der Waals surface area contributed by atoms with Crippen LogP contribution in [-0.2, 0) is 4.79 Å². The molecule has 1 heterocycles. The molecule has 8 heavy (non-hydrogen) atoms. The van der Waals surface area contributed by atoms with Gasteiger partial charge in [0.2, 0.25) is 5.91 Å². The molecule has 1 aliphatic heterocycles. The van der Waals surface area contributed by atoms with Crippen molar-refractivity contribution in [2.24, 2.45) is 0 Å². The maximum absolute atomic E-state index is 10.6. The van der Waals surface area contributed by atoms with Crippen molar-refractivity contribution in [3.05, 3.63) is 0 Å². The summed E-state index contributed by atoms with van der Waals surface area (Å²) < 4.78 is 1.70. The van der Waals surface area contributed by atoms with Gasteiger partial charge in [-0.05, 0) is 0 Å². The molecule has 1 amide bonds. The lowest BCUT2D eigenvalue weighted by Gasteiger charge is -2.19. The summed E-state index contributed by atoms with van der Waals surface area (Å²) in [5.41, 5.74) is 0. The highest BCUT2D eigenvalue weighted by Gasteiger charge is 2.13. The fourth-order valence-electron chi connectivity index (χ4n) is 0.583. The molecule has 0 aromatic rings. The van der Waals surface area contributed by atoms with Crippen LogP contribution in [0.2, 0.25) is 0 Å². The number of nitrogens with one attached hydrogen (secondary N) is 1. The predicted octanol–water partition coefficient (Wildman–Crippen LogP) is -0.232. The van der Waals surface area contributed by atoms with Crippen molar-refractivity contribution >= 4 is 28.8 Å². The minimum atomic E-state index is 0.178. The normalized spacial score (nSPS) is 21.6. The predicted molar refractivity (Wildman–Crippen MR) is 38.6 cm³/mol. The summed E-state index contributed by atoms with van der Waals surface area (Å²) in [6.07, 6.45) is 0. The van der Waals surface area contributed by atoms with E-state index in [9.17, 15) is 4.79 Å². The molecule has 0 radical (unpaired) electrons. The van der Waals surface area contributed by atoms with Crippen LogP contribution in [0.1, 0.15) is 0 Å². The lowest BCUT2D eigenvalue weighted by atomic mass is 10.4. The lowest BCUT2D eigenvalue weighted by Crippen LogP contribution is -2.42. The molecule has 3 nitrogen and oxygen atoms in total. The Kier molecular flexibility index (Phi) is 2.07. The molecule has 0 saturated carbocycles. The topological polar surface area (TPSA) is 32.3 Å². The Labute approximate surface area is 61.9 Å². The van der Waals surface area contributed by atoms with Crippen LogP contribution in [-0.4, -0.2) is 28.7 Å². The van der Waals surface area contributed by atoms with E-state index in [-0.39, 0.29) is 5.91 Å². The van der Waals surface area contributed by atoms with Crippen LogP contribution in [0, 0.1) is 0 Å². The molecular weight excluding hydrogens is 219 g/mol. The van der Waals surface area contributed by atoms with Crippen LogP contribution in [0.15, 0.2) is 0 Å². The van der Waals surface area contributed by atoms with Gasteiger partial charge in [-0.15, -0.1) is 0 Å². The molecule has 0 aliphatic carbocycles. The van der Waals surface area contributed by atoms with Crippen LogP contribution >= 0.6 is 22.9 Å². The zero-order chi connectivity index (χ0) is 5.98. The summed E-state index contributed by atoms with van der Waals surface area (Å²) in [7, 11) is 0. The number of hydrogen-bond acceptors (Lipinski definition) is 2. The van der Waals surface area contributed by atoms with Crippen LogP contribution < -0.4 is 5.32 Å². The Hall–Kier alpha value is 0.160. The molecule has 0 bridgehead atoms. The zero-order valence-electron chi connectivity index (χ0n) is 4.35. The van der Waals surface area contributed by atoms with Crippen molar-refractivity contribution in [1.82, 2.24) is 8.43 Å². The molecule has 0 atom stereocenters. The SMILES string of the molecule is O=C1CNCCN1I. The number of amides is 1. The van der Waals surface area contributed by atoms with Gasteiger partial charge in [-0.3, -0.25) is 7.91 Å². The van der Waals surface area contributed by atoms with Crippen molar-refractivity contribution in [2.75, 3.05) is 19.6 Å². The number of carbonyl (C=O) groups is 1. The summed E-state index contributed by atoms with van der Waals surface area (Å²) in [4.78, 5) is 10.6. The van der Waals surface area contributed by atoms with E-state index in [0.29, 0.717) is 6.54 Å². The van der Waals surface area contributed by atoms with Crippen molar-refractivity contribution < 1.29 is 4.79 Å². The van der Waals surface area contributed by atoms with E-state index < -0.39 is 0 Å². The summed E-state index contributed by atoms with van der Waals surface area (Å²) in [6, 6.07) is 0. The Morgan fingerprint density at radius 2 is 2.50 bits per heavy atom. The maximum Gasteiger partial charge on any atom is 0.245 e. The van der Waals surface area contributed by atoms with Crippen LogP contribution in [0.5, 0.6) is 0 Å². The van der Waals surface area contributed by atoms with Crippen molar-refractivity contribution in [3.8, 4) is 0 Å². The van der Waals surface area contributed by atoms with E-state index in [4.69, 9.17) is 0 Å². The standard InChI is InChI=1S/C4H7IN2O/c5-7-2-1-6-3-4(7)8/h6H,1-3H2. The second-order valence-corrected chi connectivity index (χ2v) is 2.82. The third kappa shape index (κ3) is 1.32. The van der Waals surface area contributed by atoms with E-state index in [0.717, 1.165) is 13.1 Å². The van der Waals surface area contributed by atoms with E-state index in [2.05, 4.69) is 5.32 Å². The number of piperazine rings is 1. The minimum absolute atomic E-state index is 0.178. The number of halogens is 1. The van der Waals surface area contributed by atoms with Crippen molar-refractivity contribution in [3.63, 3.8) is 0 Å². The van der Waals surface area contributed by atoms with Gasteiger partial charge >= 0.3 is 0 Å². The summed E-state index contributed by atoms with van der Waals surface area (Å²) >= 11 is 2.03. The van der Waals surface area contributed by atoms with Crippen LogP contribution in [0.3, 0.4) is 0 Å². The summed E-state index contributed by atoms with van der Waals surface area (Å²) in [6.45, 7) is 2.26. The first kappa shape index (κ1) is 6.28.